The van der Waals surface area contributed by atoms with Crippen LogP contribution in [0.1, 0.15) is 11.6 Å². The zero-order valence-electron chi connectivity index (χ0n) is 9.00. The molecular formula is C11H8ClNO3S2. The molecular weight excluding hydrogens is 294 g/mol. The SMILES string of the molecule is O=C(O)C(c1ccc(Cl)cc1)N1C(=O)CSC1=S. The van der Waals surface area contributed by atoms with Gasteiger partial charge in [0.1, 0.15) is 4.32 Å². The lowest BCUT2D eigenvalue weighted by Gasteiger charge is -2.23. The number of halogens is 1. The highest BCUT2D eigenvalue weighted by molar-refractivity contribution is 8.23. The fourth-order valence-corrected chi connectivity index (χ4v) is 2.90. The van der Waals surface area contributed by atoms with E-state index in [1.807, 2.05) is 0 Å². The highest BCUT2D eigenvalue weighted by Crippen LogP contribution is 2.31. The van der Waals surface area contributed by atoms with Gasteiger partial charge in [-0.05, 0) is 17.7 Å². The summed E-state index contributed by atoms with van der Waals surface area (Å²) in [5.41, 5.74) is 0.477. The van der Waals surface area contributed by atoms with Crippen LogP contribution in [0.3, 0.4) is 0 Å². The van der Waals surface area contributed by atoms with Crippen LogP contribution < -0.4 is 0 Å². The topological polar surface area (TPSA) is 57.6 Å². The molecule has 1 aliphatic heterocycles. The Morgan fingerprint density at radius 3 is 2.50 bits per heavy atom. The van der Waals surface area contributed by atoms with Crippen LogP contribution in [0.5, 0.6) is 0 Å². The summed E-state index contributed by atoms with van der Waals surface area (Å²) >= 11 is 11.9. The van der Waals surface area contributed by atoms with Gasteiger partial charge in [-0.1, -0.05) is 47.7 Å². The van der Waals surface area contributed by atoms with E-state index >= 15 is 0 Å². The van der Waals surface area contributed by atoms with Crippen molar-refractivity contribution >= 4 is 51.8 Å². The quantitative estimate of drug-likeness (QED) is 0.868. The minimum Gasteiger partial charge on any atom is -0.479 e. The van der Waals surface area contributed by atoms with Gasteiger partial charge >= 0.3 is 5.97 Å². The van der Waals surface area contributed by atoms with Crippen LogP contribution in [0.4, 0.5) is 0 Å². The molecule has 1 aromatic carbocycles. The van der Waals surface area contributed by atoms with Gasteiger partial charge < -0.3 is 5.11 Å². The standard InChI is InChI=1S/C11H8ClNO3S2/c12-7-3-1-6(2-4-7)9(10(15)16)13-8(14)5-18-11(13)17/h1-4,9H,5H2,(H,15,16). The van der Waals surface area contributed by atoms with Gasteiger partial charge in [-0.15, -0.1) is 0 Å². The van der Waals surface area contributed by atoms with Crippen LogP contribution >= 0.6 is 35.6 Å². The number of hydrogen-bond acceptors (Lipinski definition) is 4. The van der Waals surface area contributed by atoms with Crippen molar-refractivity contribution in [3.05, 3.63) is 34.9 Å². The zero-order valence-corrected chi connectivity index (χ0v) is 11.4. The Labute approximate surface area is 118 Å². The molecule has 0 radical (unpaired) electrons. The van der Waals surface area contributed by atoms with E-state index in [1.165, 1.54) is 11.8 Å². The van der Waals surface area contributed by atoms with Gasteiger partial charge in [0.2, 0.25) is 5.91 Å². The fourth-order valence-electron chi connectivity index (χ4n) is 1.66. The molecule has 1 atom stereocenters. The third-order valence-electron chi connectivity index (χ3n) is 2.46. The van der Waals surface area contributed by atoms with E-state index in [1.54, 1.807) is 24.3 Å². The molecule has 0 aliphatic carbocycles. The van der Waals surface area contributed by atoms with Gasteiger partial charge in [-0.25, -0.2) is 4.79 Å². The molecule has 0 bridgehead atoms. The summed E-state index contributed by atoms with van der Waals surface area (Å²) in [5.74, 6) is -1.21. The minimum absolute atomic E-state index is 0.191. The predicted molar refractivity (Wildman–Crippen MR) is 73.7 cm³/mol. The van der Waals surface area contributed by atoms with Crippen molar-refractivity contribution in [2.45, 2.75) is 6.04 Å². The predicted octanol–water partition coefficient (Wildman–Crippen LogP) is 2.33. The third kappa shape index (κ3) is 2.50. The molecule has 1 unspecified atom stereocenters. The van der Waals surface area contributed by atoms with Crippen molar-refractivity contribution in [2.24, 2.45) is 0 Å². The number of carboxylic acids is 1. The second kappa shape index (κ2) is 5.26. The molecule has 1 aliphatic rings. The summed E-state index contributed by atoms with van der Waals surface area (Å²) in [6, 6.07) is 5.25. The van der Waals surface area contributed by atoms with Crippen molar-refractivity contribution in [2.75, 3.05) is 5.75 Å². The first kappa shape index (κ1) is 13.3. The summed E-state index contributed by atoms with van der Waals surface area (Å²) in [4.78, 5) is 24.2. The lowest BCUT2D eigenvalue weighted by Crippen LogP contribution is -2.37. The molecule has 7 heteroatoms. The number of amides is 1. The van der Waals surface area contributed by atoms with E-state index in [9.17, 15) is 14.7 Å². The van der Waals surface area contributed by atoms with Gasteiger partial charge in [-0.2, -0.15) is 0 Å². The Morgan fingerprint density at radius 2 is 2.06 bits per heavy atom. The van der Waals surface area contributed by atoms with Crippen LogP contribution in [0.25, 0.3) is 0 Å². The normalized spacial score (nSPS) is 17.1. The average Bonchev–Trinajstić information content (AvgIpc) is 2.63. The monoisotopic (exact) mass is 301 g/mol. The molecule has 2 rings (SSSR count). The maximum Gasteiger partial charge on any atom is 0.331 e. The Hall–Kier alpha value is -1.11. The van der Waals surface area contributed by atoms with Gasteiger partial charge in [0.15, 0.2) is 6.04 Å². The number of aliphatic carboxylic acids is 1. The summed E-state index contributed by atoms with van der Waals surface area (Å²) in [7, 11) is 0. The van der Waals surface area contributed by atoms with Crippen LogP contribution in [0.2, 0.25) is 5.02 Å². The second-order valence-electron chi connectivity index (χ2n) is 3.61. The van der Waals surface area contributed by atoms with Gasteiger partial charge in [0, 0.05) is 5.02 Å². The molecule has 1 aromatic rings. The summed E-state index contributed by atoms with van der Waals surface area (Å²) in [6.07, 6.45) is 0. The largest absolute Gasteiger partial charge is 0.479 e. The molecule has 4 nitrogen and oxygen atoms in total. The zero-order chi connectivity index (χ0) is 13.3. The maximum absolute atomic E-state index is 11.7. The van der Waals surface area contributed by atoms with E-state index in [0.717, 1.165) is 4.90 Å². The Balaban J connectivity index is 2.40. The summed E-state index contributed by atoms with van der Waals surface area (Å²) < 4.78 is 0.294. The number of hydrogen-bond donors (Lipinski definition) is 1. The van der Waals surface area contributed by atoms with Crippen LogP contribution in [-0.4, -0.2) is 32.0 Å². The molecule has 0 spiro atoms. The van der Waals surface area contributed by atoms with Crippen molar-refractivity contribution < 1.29 is 14.7 Å². The van der Waals surface area contributed by atoms with E-state index in [0.29, 0.717) is 14.9 Å². The maximum atomic E-state index is 11.7. The number of thioether (sulfide) groups is 1. The molecule has 0 saturated carbocycles. The molecule has 1 amide bonds. The molecule has 1 fully saturated rings. The first-order chi connectivity index (χ1) is 8.50. The average molecular weight is 302 g/mol. The molecule has 18 heavy (non-hydrogen) atoms. The Morgan fingerprint density at radius 1 is 1.44 bits per heavy atom. The number of carbonyl (C=O) groups is 2. The first-order valence-corrected chi connectivity index (χ1v) is 6.75. The molecule has 1 heterocycles. The number of carboxylic acid groups (broad SMARTS) is 1. The van der Waals surface area contributed by atoms with Crippen molar-refractivity contribution in [1.82, 2.24) is 4.90 Å². The smallest absolute Gasteiger partial charge is 0.331 e. The van der Waals surface area contributed by atoms with Crippen LogP contribution in [0.15, 0.2) is 24.3 Å². The van der Waals surface area contributed by atoms with E-state index in [-0.39, 0.29) is 11.7 Å². The first-order valence-electron chi connectivity index (χ1n) is 4.98. The molecule has 94 valence electrons. The van der Waals surface area contributed by atoms with Crippen LogP contribution in [0, 0.1) is 0 Å². The van der Waals surface area contributed by atoms with Crippen molar-refractivity contribution in [3.8, 4) is 0 Å². The van der Waals surface area contributed by atoms with Crippen molar-refractivity contribution in [3.63, 3.8) is 0 Å². The third-order valence-corrected chi connectivity index (χ3v) is 4.10. The fraction of sp³-hybridized carbons (Fsp3) is 0.182. The Bertz CT molecular complexity index is 502. The number of benzene rings is 1. The number of carbonyl (C=O) groups excluding carboxylic acids is 1. The molecule has 1 N–H and O–H groups in total. The number of nitrogens with zero attached hydrogens (tertiary/aromatic N) is 1. The Kier molecular flexibility index (Phi) is 3.89. The van der Waals surface area contributed by atoms with Crippen LogP contribution in [-0.2, 0) is 9.59 Å². The van der Waals surface area contributed by atoms with E-state index in [4.69, 9.17) is 23.8 Å². The lowest BCUT2D eigenvalue weighted by molar-refractivity contribution is -0.146. The number of thiocarbonyl (C=S) groups is 1. The van der Waals surface area contributed by atoms with Crippen molar-refractivity contribution in [1.29, 1.82) is 0 Å². The molecule has 0 aromatic heterocycles. The van der Waals surface area contributed by atoms with E-state index in [2.05, 4.69) is 0 Å². The molecule has 1 saturated heterocycles. The second-order valence-corrected chi connectivity index (χ2v) is 5.66. The van der Waals surface area contributed by atoms with Gasteiger partial charge in [-0.3, -0.25) is 9.69 Å². The highest BCUT2D eigenvalue weighted by Gasteiger charge is 2.38. The van der Waals surface area contributed by atoms with Gasteiger partial charge in [0.05, 0.1) is 5.75 Å². The minimum atomic E-state index is -1.12. The summed E-state index contributed by atoms with van der Waals surface area (Å²) in [6.45, 7) is 0. The van der Waals surface area contributed by atoms with Gasteiger partial charge in [0.25, 0.3) is 0 Å². The lowest BCUT2D eigenvalue weighted by atomic mass is 10.1. The van der Waals surface area contributed by atoms with E-state index < -0.39 is 12.0 Å². The number of rotatable bonds is 3. The summed E-state index contributed by atoms with van der Waals surface area (Å²) in [5, 5.41) is 9.80. The highest BCUT2D eigenvalue weighted by atomic mass is 35.5.